The summed E-state index contributed by atoms with van der Waals surface area (Å²) in [5, 5.41) is 5.42. The summed E-state index contributed by atoms with van der Waals surface area (Å²) in [6.45, 7) is 0. The van der Waals surface area contributed by atoms with Crippen molar-refractivity contribution in [3.05, 3.63) is 29.4 Å². The minimum atomic E-state index is 0.102. The first-order chi connectivity index (χ1) is 6.43. The Morgan fingerprint density at radius 1 is 1.14 bits per heavy atom. The van der Waals surface area contributed by atoms with E-state index in [1.165, 1.54) is 6.07 Å². The Morgan fingerprint density at radius 2 is 1.71 bits per heavy atom. The van der Waals surface area contributed by atoms with E-state index in [4.69, 9.17) is 34.1 Å². The lowest BCUT2D eigenvalue weighted by atomic mass is 10.0. The minimum Gasteiger partial charge on any atom is -0.449 e. The number of nitrogens with two attached hydrogens (primary N) is 6. The largest absolute Gasteiger partial charge is 0.449 e. The van der Waals surface area contributed by atoms with Crippen LogP contribution in [0.15, 0.2) is 12.1 Å². The van der Waals surface area contributed by atoms with Crippen molar-refractivity contribution < 1.29 is 5.41 Å². The minimum absolute atomic E-state index is 0.102. The van der Waals surface area contributed by atoms with Gasteiger partial charge in [0.1, 0.15) is 0 Å². The maximum Gasteiger partial charge on any atom is 0.260 e. The fourth-order valence-electron chi connectivity index (χ4n) is 1.13. The summed E-state index contributed by atoms with van der Waals surface area (Å²) in [5.74, 6) is 0.102. The molecule has 6 heteroatoms. The molecule has 0 amide bonds. The Bertz CT molecular complexity index is 370. The molecule has 14 heavy (non-hydrogen) atoms. The van der Waals surface area contributed by atoms with Crippen molar-refractivity contribution in [2.75, 3.05) is 11.5 Å². The zero-order chi connectivity index (χ0) is 10.9. The van der Waals surface area contributed by atoms with Crippen LogP contribution in [0.4, 0.5) is 11.4 Å². The molecule has 0 atom stereocenters. The van der Waals surface area contributed by atoms with Crippen molar-refractivity contribution in [3.63, 3.8) is 0 Å². The highest BCUT2D eigenvalue weighted by molar-refractivity contribution is 5.99. The number of benzene rings is 1. The van der Waals surface area contributed by atoms with E-state index in [2.05, 4.69) is 0 Å². The van der Waals surface area contributed by atoms with Crippen molar-refractivity contribution in [3.8, 4) is 0 Å². The maximum absolute atomic E-state index is 5.64. The fraction of sp³-hybridized carbons (Fsp3) is 0. The van der Waals surface area contributed by atoms with Crippen LogP contribution in [-0.2, 0) is 0 Å². The SMILES string of the molecule is NC(=[NH2+])c1cc([C-](N)N)c(N)cc1N. The van der Waals surface area contributed by atoms with Gasteiger partial charge in [-0.2, -0.15) is 0 Å². The standard InChI is InChI=1S/C8H13N6/c9-5-2-6(10)4(8(13)14)1-3(5)7(11)12/h1-2H,9-12H2,(H3,13,14)/q-1/p+1. The van der Waals surface area contributed by atoms with Crippen molar-refractivity contribution >= 4 is 17.2 Å². The highest BCUT2D eigenvalue weighted by atomic mass is 14.9. The van der Waals surface area contributed by atoms with E-state index in [9.17, 15) is 0 Å². The lowest BCUT2D eigenvalue weighted by Crippen LogP contribution is -2.46. The van der Waals surface area contributed by atoms with Crippen molar-refractivity contribution in [2.24, 2.45) is 17.2 Å². The van der Waals surface area contributed by atoms with Crippen LogP contribution in [0.3, 0.4) is 0 Å². The summed E-state index contributed by atoms with van der Waals surface area (Å²) in [6, 6.07) is 3.08. The molecule has 1 rings (SSSR count). The summed E-state index contributed by atoms with van der Waals surface area (Å²) < 4.78 is 0. The molecular formula is C8H14N6. The van der Waals surface area contributed by atoms with E-state index in [1.54, 1.807) is 6.07 Å². The zero-order valence-electron chi connectivity index (χ0n) is 7.62. The van der Waals surface area contributed by atoms with Gasteiger partial charge in [-0.3, -0.25) is 11.1 Å². The number of rotatable bonds is 2. The Labute approximate surface area is 81.5 Å². The Kier molecular flexibility index (Phi) is 2.50. The third-order valence-electron chi connectivity index (χ3n) is 1.84. The van der Waals surface area contributed by atoms with Gasteiger partial charge < -0.3 is 22.9 Å². The van der Waals surface area contributed by atoms with Gasteiger partial charge in [-0.25, -0.2) is 0 Å². The number of hydrogen-bond acceptors (Lipinski definition) is 4. The van der Waals surface area contributed by atoms with Crippen LogP contribution in [0.25, 0.3) is 0 Å². The highest BCUT2D eigenvalue weighted by Gasteiger charge is 2.06. The van der Waals surface area contributed by atoms with Gasteiger partial charge in [0, 0.05) is 11.3 Å². The lowest BCUT2D eigenvalue weighted by Gasteiger charge is -2.20. The molecule has 12 N–H and O–H groups in total. The zero-order valence-corrected chi connectivity index (χ0v) is 7.62. The fourth-order valence-corrected chi connectivity index (χ4v) is 1.13. The average Bonchev–Trinajstić information content (AvgIpc) is 2.02. The number of nitrogen functional groups attached to an aromatic ring is 2. The summed E-state index contributed by atoms with van der Waals surface area (Å²) in [7, 11) is 0. The third-order valence-corrected chi connectivity index (χ3v) is 1.84. The third kappa shape index (κ3) is 1.70. The average molecular weight is 194 g/mol. The molecule has 0 bridgehead atoms. The second kappa shape index (κ2) is 3.44. The van der Waals surface area contributed by atoms with Crippen LogP contribution in [0.5, 0.6) is 0 Å². The van der Waals surface area contributed by atoms with Gasteiger partial charge in [-0.15, -0.1) is 11.6 Å². The molecule has 0 unspecified atom stereocenters. The Hall–Kier alpha value is -1.92. The normalized spacial score (nSPS) is 9.86. The van der Waals surface area contributed by atoms with Crippen LogP contribution < -0.4 is 34.1 Å². The van der Waals surface area contributed by atoms with Crippen molar-refractivity contribution in [1.82, 2.24) is 0 Å². The Balaban J connectivity index is 3.34. The topological polar surface area (TPSA) is 156 Å². The molecule has 0 heterocycles. The van der Waals surface area contributed by atoms with Gasteiger partial charge >= 0.3 is 0 Å². The highest BCUT2D eigenvalue weighted by Crippen LogP contribution is 2.22. The lowest BCUT2D eigenvalue weighted by molar-refractivity contribution is -0.114. The number of hydrogen-bond donors (Lipinski definition) is 6. The van der Waals surface area contributed by atoms with E-state index in [-0.39, 0.29) is 12.0 Å². The molecule has 0 fully saturated rings. The van der Waals surface area contributed by atoms with Gasteiger partial charge in [0.25, 0.3) is 5.84 Å². The van der Waals surface area contributed by atoms with Crippen LogP contribution in [0.2, 0.25) is 0 Å². The van der Waals surface area contributed by atoms with E-state index >= 15 is 0 Å². The van der Waals surface area contributed by atoms with Gasteiger partial charge in [0.2, 0.25) is 0 Å². The van der Waals surface area contributed by atoms with E-state index in [1.807, 2.05) is 0 Å². The monoisotopic (exact) mass is 194 g/mol. The maximum atomic E-state index is 5.64. The molecule has 1 aromatic rings. The van der Waals surface area contributed by atoms with Gasteiger partial charge in [0.05, 0.1) is 0 Å². The summed E-state index contributed by atoms with van der Waals surface area (Å²) >= 11 is 0. The molecule has 76 valence electrons. The van der Waals surface area contributed by atoms with Gasteiger partial charge in [-0.05, 0) is 6.17 Å². The molecule has 0 saturated carbocycles. The second-order valence-corrected chi connectivity index (χ2v) is 2.94. The van der Waals surface area contributed by atoms with Crippen LogP contribution >= 0.6 is 0 Å². The molecule has 0 aliphatic carbocycles. The van der Waals surface area contributed by atoms with Gasteiger partial charge in [-0.1, -0.05) is 11.8 Å². The molecule has 0 saturated heterocycles. The quantitative estimate of drug-likeness (QED) is 0.129. The molecule has 0 aliphatic heterocycles. The van der Waals surface area contributed by atoms with Crippen LogP contribution in [0.1, 0.15) is 11.1 Å². The molecule has 0 spiro atoms. The molecule has 0 aromatic heterocycles. The second-order valence-electron chi connectivity index (χ2n) is 2.94. The van der Waals surface area contributed by atoms with Crippen LogP contribution in [-0.4, -0.2) is 5.84 Å². The molecule has 0 aliphatic rings. The Morgan fingerprint density at radius 3 is 2.14 bits per heavy atom. The van der Waals surface area contributed by atoms with Crippen molar-refractivity contribution in [1.29, 1.82) is 0 Å². The molecule has 0 radical (unpaired) electrons. The van der Waals surface area contributed by atoms with E-state index < -0.39 is 0 Å². The number of amidine groups is 1. The predicted molar refractivity (Wildman–Crippen MR) is 56.2 cm³/mol. The first-order valence-electron chi connectivity index (χ1n) is 3.89. The first-order valence-corrected chi connectivity index (χ1v) is 3.89. The summed E-state index contributed by atoms with van der Waals surface area (Å²) in [4.78, 5) is 0. The first kappa shape index (κ1) is 10.2. The smallest absolute Gasteiger partial charge is 0.260 e. The van der Waals surface area contributed by atoms with Crippen LogP contribution in [0, 0.1) is 6.17 Å². The molecule has 6 nitrogen and oxygen atoms in total. The van der Waals surface area contributed by atoms with E-state index in [0.717, 1.165) is 0 Å². The number of anilines is 2. The predicted octanol–water partition coefficient (Wildman–Crippen LogP) is -2.93. The summed E-state index contributed by atoms with van der Waals surface area (Å²) in [5.41, 5.74) is 29.3. The van der Waals surface area contributed by atoms with E-state index in [0.29, 0.717) is 22.5 Å². The van der Waals surface area contributed by atoms with Gasteiger partial charge in [0.15, 0.2) is 0 Å². The van der Waals surface area contributed by atoms with Crippen molar-refractivity contribution in [2.45, 2.75) is 0 Å². The molecular weight excluding hydrogens is 180 g/mol. The summed E-state index contributed by atoms with van der Waals surface area (Å²) in [6.07, 6.45) is 0.102. The molecule has 1 aromatic carbocycles.